The van der Waals surface area contributed by atoms with Gasteiger partial charge in [0.1, 0.15) is 73.5 Å². The number of piperazine rings is 1. The fraction of sp³-hybridized carbons (Fsp3) is 0.345. The van der Waals surface area contributed by atoms with Crippen LogP contribution in [0.5, 0.6) is 11.5 Å². The number of amides is 3. The zero-order valence-corrected chi connectivity index (χ0v) is 41.0. The van der Waals surface area contributed by atoms with Gasteiger partial charge in [-0.05, 0) is 76.9 Å². The van der Waals surface area contributed by atoms with Crippen molar-refractivity contribution < 1.29 is 57.6 Å². The fourth-order valence-electron chi connectivity index (χ4n) is 12.0. The molecule has 0 radical (unpaired) electrons. The van der Waals surface area contributed by atoms with E-state index in [0.29, 0.717) is 40.3 Å². The number of hydrogen-bond donors (Lipinski definition) is 3. The number of hydrogen-bond acceptors (Lipinski definition) is 13. The van der Waals surface area contributed by atoms with Crippen LogP contribution in [0.15, 0.2) is 146 Å². The summed E-state index contributed by atoms with van der Waals surface area (Å²) < 4.78 is 30.0. The van der Waals surface area contributed by atoms with Crippen LogP contribution < -0.4 is 20.1 Å². The summed E-state index contributed by atoms with van der Waals surface area (Å²) in [6.07, 6.45) is 1.07. The lowest BCUT2D eigenvalue weighted by molar-refractivity contribution is -0.180. The van der Waals surface area contributed by atoms with Gasteiger partial charge in [0.05, 0.1) is 30.7 Å². The van der Waals surface area contributed by atoms with E-state index < -0.39 is 83.4 Å². The van der Waals surface area contributed by atoms with E-state index in [2.05, 4.69) is 17.2 Å². The van der Waals surface area contributed by atoms with Crippen LogP contribution in [0.3, 0.4) is 0 Å². The van der Waals surface area contributed by atoms with Gasteiger partial charge in [0.25, 0.3) is 0 Å². The maximum absolute atomic E-state index is 15.1. The van der Waals surface area contributed by atoms with Crippen LogP contribution in [0.1, 0.15) is 78.7 Å². The molecule has 3 amide bonds. The molecule has 0 aliphatic carbocycles. The first-order valence-corrected chi connectivity index (χ1v) is 25.1. The van der Waals surface area contributed by atoms with Gasteiger partial charge in [-0.3, -0.25) is 33.7 Å². The third-order valence-corrected chi connectivity index (χ3v) is 14.8. The van der Waals surface area contributed by atoms with E-state index in [0.717, 1.165) is 11.1 Å². The Labute approximate surface area is 428 Å². The molecule has 5 aromatic rings. The lowest BCUT2D eigenvalue weighted by Crippen LogP contribution is -2.61. The number of para-hydroxylation sites is 1. The molecule has 0 aromatic heterocycles. The number of carbonyl (C=O) groups excluding carboxylic acids is 6. The van der Waals surface area contributed by atoms with E-state index in [1.54, 1.807) is 54.6 Å². The highest BCUT2D eigenvalue weighted by molar-refractivity contribution is 6.11. The normalized spacial score (nSPS) is 26.9. The molecule has 3 N–H and O–H groups in total. The lowest BCUT2D eigenvalue weighted by atomic mass is 9.65. The Morgan fingerprint density at radius 2 is 1.45 bits per heavy atom. The lowest BCUT2D eigenvalue weighted by Gasteiger charge is -2.46. The number of aliphatic hydroxyl groups is 1. The topological polar surface area (TPSA) is 199 Å². The Bertz CT molecular complexity index is 2930. The zero-order chi connectivity index (χ0) is 51.7. The number of ether oxygens (including phenoxy) is 5. The van der Waals surface area contributed by atoms with Gasteiger partial charge in [-0.25, -0.2) is 0 Å². The van der Waals surface area contributed by atoms with Crippen LogP contribution in [0, 0.1) is 17.8 Å². The second-order valence-electron chi connectivity index (χ2n) is 19.7. The number of anilines is 1. The number of cyclic esters (lactones) is 1. The maximum atomic E-state index is 15.1. The summed E-state index contributed by atoms with van der Waals surface area (Å²) in [5, 5.41) is 15.3. The van der Waals surface area contributed by atoms with Gasteiger partial charge < -0.3 is 44.3 Å². The zero-order valence-electron chi connectivity index (χ0n) is 41.0. The first kappa shape index (κ1) is 49.7. The van der Waals surface area contributed by atoms with Gasteiger partial charge in [0, 0.05) is 5.69 Å². The number of fused-ring (bicyclic) bond motifs is 4. The number of aliphatic hydroxyl groups excluding tert-OH is 1. The molecule has 5 aromatic carbocycles. The second-order valence-corrected chi connectivity index (χ2v) is 19.7. The highest BCUT2D eigenvalue weighted by atomic mass is 16.6. The molecule has 4 fully saturated rings. The van der Waals surface area contributed by atoms with Crippen molar-refractivity contribution in [2.45, 2.75) is 74.5 Å². The molecule has 0 bridgehead atoms. The summed E-state index contributed by atoms with van der Waals surface area (Å²) >= 11 is 0. The minimum absolute atomic E-state index is 0.0460. The molecule has 382 valence electrons. The number of rotatable bonds is 17. The van der Waals surface area contributed by atoms with Crippen LogP contribution >= 0.6 is 0 Å². The smallest absolute Gasteiger partial charge is 0.325 e. The van der Waals surface area contributed by atoms with Crippen molar-refractivity contribution in [1.29, 1.82) is 0 Å². The van der Waals surface area contributed by atoms with Crippen LogP contribution in [0.25, 0.3) is 0 Å². The van der Waals surface area contributed by atoms with Crippen molar-refractivity contribution in [3.05, 3.63) is 174 Å². The molecule has 10 rings (SSSR count). The van der Waals surface area contributed by atoms with Gasteiger partial charge >= 0.3 is 17.9 Å². The van der Waals surface area contributed by atoms with Gasteiger partial charge in [-0.2, -0.15) is 0 Å². The Morgan fingerprint density at radius 1 is 0.757 bits per heavy atom. The first-order chi connectivity index (χ1) is 36.0. The number of morpholine rings is 1. The molecular formula is C58H58N4O12. The van der Waals surface area contributed by atoms with Gasteiger partial charge in [0.15, 0.2) is 0 Å². The fourth-order valence-corrected chi connectivity index (χ4v) is 12.0. The summed E-state index contributed by atoms with van der Waals surface area (Å²) in [6, 6.07) is 34.8. The molecule has 5 aliphatic heterocycles. The minimum atomic E-state index is -1.70. The SMILES string of the molecule is C=CCOC(=O)[C@H]1[C@@H]2C(=O)O[C@@H](c3ccccc3)[C@@H](c3ccccc3)N2[C@@H](c2ccc(OCCOC(=O)[C@H]3C[C@H]4C(=O)N[C@@H](CC(C)C)C(=O)N4[C@H]3c3cccc(OCCO)c3)cc2)[C@]12C(=O)Nc1ccccc12. The summed E-state index contributed by atoms with van der Waals surface area (Å²) in [5.74, 6) is -4.41. The maximum Gasteiger partial charge on any atom is 0.325 e. The monoisotopic (exact) mass is 1000 g/mol. The Hall–Kier alpha value is -7.82. The first-order valence-electron chi connectivity index (χ1n) is 25.1. The second kappa shape index (κ2) is 21.0. The predicted octanol–water partition coefficient (Wildman–Crippen LogP) is 6.48. The van der Waals surface area contributed by atoms with Crippen LogP contribution in [0.2, 0.25) is 0 Å². The molecule has 10 atom stereocenters. The van der Waals surface area contributed by atoms with E-state index in [-0.39, 0.29) is 57.2 Å². The Morgan fingerprint density at radius 3 is 2.16 bits per heavy atom. The average Bonchev–Trinajstić information content (AvgIpc) is 4.09. The van der Waals surface area contributed by atoms with Crippen molar-refractivity contribution in [3.8, 4) is 11.5 Å². The molecular weight excluding hydrogens is 945 g/mol. The molecule has 16 heteroatoms. The minimum Gasteiger partial charge on any atom is -0.491 e. The summed E-state index contributed by atoms with van der Waals surface area (Å²) in [5.41, 5.74) is 2.06. The number of benzene rings is 5. The van der Waals surface area contributed by atoms with Crippen LogP contribution in [-0.2, 0) is 48.4 Å². The van der Waals surface area contributed by atoms with Gasteiger partial charge in [-0.1, -0.05) is 130 Å². The highest BCUT2D eigenvalue weighted by Gasteiger charge is 2.74. The van der Waals surface area contributed by atoms with Crippen LogP contribution in [-0.4, -0.2) is 102 Å². The van der Waals surface area contributed by atoms with E-state index in [4.69, 9.17) is 23.7 Å². The van der Waals surface area contributed by atoms with Crippen molar-refractivity contribution in [3.63, 3.8) is 0 Å². The molecule has 0 unspecified atom stereocenters. The standard InChI is InChI=1S/C58H58N4O12/c1-4-27-72-55(67)46-49-56(68)74-50(36-16-9-6-10-17-36)48(35-14-7-5-8-15-35)62(49)51(58(46)42-20-11-12-21-43(42)60-57(58)69)37-22-24-39(25-23-37)71-29-30-73-54(66)41-33-45-52(64)59-44(31-34(2)3)53(65)61(45)47(41)38-18-13-19-40(32-38)70-28-26-63/h4-25,32,34,41,44-51,63H,1,26-31,33H2,2-3H3,(H,59,64)(H,60,69)/t41-,44-,45-,46+,47-,48+,49+,50-,51-,58+/m0/s1. The summed E-state index contributed by atoms with van der Waals surface area (Å²) in [4.78, 5) is 90.0. The molecule has 74 heavy (non-hydrogen) atoms. The van der Waals surface area contributed by atoms with E-state index in [9.17, 15) is 29.1 Å². The Kier molecular flexibility index (Phi) is 14.1. The van der Waals surface area contributed by atoms with Crippen molar-refractivity contribution in [1.82, 2.24) is 15.1 Å². The van der Waals surface area contributed by atoms with E-state index >= 15 is 4.79 Å². The molecule has 0 saturated carbocycles. The molecule has 5 aliphatic rings. The highest BCUT2D eigenvalue weighted by Crippen LogP contribution is 2.65. The summed E-state index contributed by atoms with van der Waals surface area (Å²) in [7, 11) is 0. The average molecular weight is 1000 g/mol. The van der Waals surface area contributed by atoms with Gasteiger partial charge in [-0.15, -0.1) is 0 Å². The van der Waals surface area contributed by atoms with Gasteiger partial charge in [0.2, 0.25) is 17.7 Å². The third-order valence-electron chi connectivity index (χ3n) is 14.8. The summed E-state index contributed by atoms with van der Waals surface area (Å²) in [6.45, 7) is 7.14. The molecule has 4 saturated heterocycles. The number of nitrogens with one attached hydrogen (secondary N) is 2. The van der Waals surface area contributed by atoms with Crippen molar-refractivity contribution in [2.75, 3.05) is 38.4 Å². The molecule has 5 heterocycles. The Balaban J connectivity index is 0.950. The number of carbonyl (C=O) groups is 6. The quantitative estimate of drug-likeness (QED) is 0.0396. The van der Waals surface area contributed by atoms with E-state index in [1.807, 2.05) is 97.6 Å². The largest absolute Gasteiger partial charge is 0.491 e. The predicted molar refractivity (Wildman–Crippen MR) is 269 cm³/mol. The van der Waals surface area contributed by atoms with Crippen molar-refractivity contribution in [2.24, 2.45) is 17.8 Å². The number of nitrogens with zero attached hydrogens (tertiary/aromatic N) is 2. The molecule has 1 spiro atoms. The third kappa shape index (κ3) is 8.85. The van der Waals surface area contributed by atoms with Crippen LogP contribution in [0.4, 0.5) is 5.69 Å². The molecule has 16 nitrogen and oxygen atoms in total. The number of esters is 3. The van der Waals surface area contributed by atoms with Crippen molar-refractivity contribution >= 4 is 41.3 Å². The van der Waals surface area contributed by atoms with E-state index in [1.165, 1.54) is 11.0 Å².